The zero-order chi connectivity index (χ0) is 32.1. The van der Waals surface area contributed by atoms with E-state index in [1.165, 1.54) is 38.6 Å². The maximum absolute atomic E-state index is 13.7. The van der Waals surface area contributed by atoms with Crippen molar-refractivity contribution >= 4 is 38.6 Å². The number of rotatable bonds is 10. The van der Waals surface area contributed by atoms with Gasteiger partial charge in [-0.2, -0.15) is 4.31 Å². The number of methoxy groups -OCH3 is 2. The van der Waals surface area contributed by atoms with Crippen LogP contribution >= 0.6 is 0 Å². The van der Waals surface area contributed by atoms with E-state index in [4.69, 9.17) is 13.9 Å². The first-order valence-corrected chi connectivity index (χ1v) is 16.5. The molecule has 14 heteroatoms. The number of furan rings is 1. The number of aromatic nitrogens is 1. The molecule has 45 heavy (non-hydrogen) atoms. The van der Waals surface area contributed by atoms with Crippen molar-refractivity contribution in [2.45, 2.75) is 68.5 Å². The molecule has 0 unspecified atom stereocenters. The smallest absolute Gasteiger partial charge is 0.361 e. The van der Waals surface area contributed by atoms with Gasteiger partial charge in [-0.25, -0.2) is 8.42 Å². The second-order valence-corrected chi connectivity index (χ2v) is 13.4. The Morgan fingerprint density at radius 3 is 2.51 bits per heavy atom. The molecule has 0 spiro atoms. The van der Waals surface area contributed by atoms with E-state index in [2.05, 4.69) is 10.6 Å². The molecule has 1 aromatic carbocycles. The first-order chi connectivity index (χ1) is 21.6. The van der Waals surface area contributed by atoms with Crippen molar-refractivity contribution in [1.29, 1.82) is 0 Å². The molecule has 5 rings (SSSR count). The van der Waals surface area contributed by atoms with Gasteiger partial charge in [-0.3, -0.25) is 19.6 Å². The molecule has 1 aliphatic heterocycles. The Morgan fingerprint density at radius 1 is 1.07 bits per heavy atom. The van der Waals surface area contributed by atoms with Crippen molar-refractivity contribution in [3.05, 3.63) is 48.4 Å². The summed E-state index contributed by atoms with van der Waals surface area (Å²) in [4.78, 5) is 40.4. The van der Waals surface area contributed by atoms with Crippen LogP contribution < -0.4 is 24.8 Å². The molecule has 0 bridgehead atoms. The van der Waals surface area contributed by atoms with Crippen LogP contribution in [0.2, 0.25) is 0 Å². The third-order valence-corrected chi connectivity index (χ3v) is 10.3. The van der Waals surface area contributed by atoms with Gasteiger partial charge in [0.2, 0.25) is 12.1 Å². The lowest BCUT2D eigenvalue weighted by Gasteiger charge is -2.27. The Bertz CT molecular complexity index is 1630. The van der Waals surface area contributed by atoms with Gasteiger partial charge in [-0.1, -0.05) is 32.1 Å². The van der Waals surface area contributed by atoms with Gasteiger partial charge in [0.1, 0.15) is 11.6 Å². The monoisotopic (exact) mass is 643 g/mol. The van der Waals surface area contributed by atoms with Crippen LogP contribution in [0.1, 0.15) is 61.9 Å². The fourth-order valence-electron chi connectivity index (χ4n) is 6.08. The minimum Gasteiger partial charge on any atom is -0.493 e. The lowest BCUT2D eigenvalue weighted by Crippen LogP contribution is -2.53. The van der Waals surface area contributed by atoms with E-state index >= 15 is 0 Å². The van der Waals surface area contributed by atoms with Crippen LogP contribution in [0.15, 0.2) is 52.0 Å². The Balaban J connectivity index is 1.31. The molecule has 3 heterocycles. The highest BCUT2D eigenvalue weighted by atomic mass is 32.2. The number of ketones is 1. The third kappa shape index (κ3) is 7.22. The van der Waals surface area contributed by atoms with Crippen molar-refractivity contribution in [3.63, 3.8) is 0 Å². The first-order valence-electron chi connectivity index (χ1n) is 15.1. The molecule has 1 saturated carbocycles. The number of amides is 2. The Kier molecular flexibility index (Phi) is 9.93. The van der Waals surface area contributed by atoms with E-state index < -0.39 is 46.2 Å². The van der Waals surface area contributed by atoms with Crippen molar-refractivity contribution < 1.29 is 46.6 Å². The molecule has 1 saturated heterocycles. The number of carbonyl (C=O) groups is 3. The Morgan fingerprint density at radius 2 is 1.80 bits per heavy atom. The van der Waals surface area contributed by atoms with Gasteiger partial charge in [-0.05, 0) is 43.4 Å². The average molecular weight is 644 g/mol. The number of nitrogens with one attached hydrogen (secondary N) is 2. The van der Waals surface area contributed by atoms with Gasteiger partial charge in [0.05, 0.1) is 26.8 Å². The number of pyridine rings is 1. The van der Waals surface area contributed by atoms with Crippen LogP contribution in [0.3, 0.4) is 0 Å². The molecule has 3 aromatic rings. The zero-order valence-corrected chi connectivity index (χ0v) is 26.2. The topological polar surface area (TPSA) is 168 Å². The predicted octanol–water partition coefficient (Wildman–Crippen LogP) is 2.58. The van der Waals surface area contributed by atoms with Crippen molar-refractivity contribution in [1.82, 2.24) is 14.9 Å². The number of fused-ring (bicyclic) bond motifs is 1. The molecule has 2 amide bonds. The summed E-state index contributed by atoms with van der Waals surface area (Å²) >= 11 is 0. The minimum atomic E-state index is -4.17. The van der Waals surface area contributed by atoms with Crippen LogP contribution in [0.4, 0.5) is 0 Å². The number of sulfonamides is 1. The molecular weight excluding hydrogens is 604 g/mol. The molecule has 13 nitrogen and oxygen atoms in total. The highest BCUT2D eigenvalue weighted by Crippen LogP contribution is 2.34. The first kappa shape index (κ1) is 32.2. The summed E-state index contributed by atoms with van der Waals surface area (Å²) in [5, 5.41) is 15.9. The fraction of sp³-hybridized carbons (Fsp3) is 0.484. The second-order valence-electron chi connectivity index (χ2n) is 11.5. The summed E-state index contributed by atoms with van der Waals surface area (Å²) < 4.78 is 44.4. The number of Topliss-reactive ketones (excluding diaryl/α,β-unsaturated/α-hetero) is 1. The van der Waals surface area contributed by atoms with Gasteiger partial charge >= 0.3 is 15.0 Å². The molecule has 2 atom stereocenters. The highest BCUT2D eigenvalue weighted by molar-refractivity contribution is 7.89. The van der Waals surface area contributed by atoms with Crippen LogP contribution in [-0.2, 0) is 19.6 Å². The second kappa shape index (κ2) is 13.9. The van der Waals surface area contributed by atoms with Gasteiger partial charge in [0, 0.05) is 34.9 Å². The van der Waals surface area contributed by atoms with Crippen molar-refractivity contribution in [2.24, 2.45) is 5.92 Å². The third-order valence-electron chi connectivity index (χ3n) is 8.51. The van der Waals surface area contributed by atoms with E-state index in [9.17, 15) is 28.0 Å². The van der Waals surface area contributed by atoms with Gasteiger partial charge < -0.3 is 24.5 Å². The normalized spacial score (nSPS) is 19.1. The van der Waals surface area contributed by atoms with E-state index in [1.807, 2.05) is 0 Å². The van der Waals surface area contributed by atoms with Crippen LogP contribution in [0, 0.1) is 5.92 Å². The summed E-state index contributed by atoms with van der Waals surface area (Å²) in [6.45, 7) is -0.424. The van der Waals surface area contributed by atoms with Crippen LogP contribution in [-0.4, -0.2) is 74.9 Å². The van der Waals surface area contributed by atoms with Crippen molar-refractivity contribution in [2.75, 3.05) is 27.3 Å². The van der Waals surface area contributed by atoms with E-state index in [-0.39, 0.29) is 29.7 Å². The lowest BCUT2D eigenvalue weighted by atomic mass is 9.84. The van der Waals surface area contributed by atoms with Gasteiger partial charge in [0.15, 0.2) is 23.0 Å². The largest absolute Gasteiger partial charge is 0.493 e. The van der Waals surface area contributed by atoms with Gasteiger partial charge in [-0.15, -0.1) is 0 Å². The summed E-state index contributed by atoms with van der Waals surface area (Å²) in [6, 6.07) is 7.20. The Hall–Kier alpha value is -4.17. The number of hydrogen-bond donors (Lipinski definition) is 3. The van der Waals surface area contributed by atoms with Crippen LogP contribution in [0.25, 0.3) is 11.0 Å². The average Bonchev–Trinajstić information content (AvgIpc) is 3.37. The molecule has 2 aromatic heterocycles. The molecule has 2 fully saturated rings. The zero-order valence-electron chi connectivity index (χ0n) is 25.4. The molecule has 1 aliphatic carbocycles. The molecular formula is C31H39N4O9S+. The lowest BCUT2D eigenvalue weighted by molar-refractivity contribution is -0.933. The summed E-state index contributed by atoms with van der Waals surface area (Å²) in [7, 11) is -1.17. The minimum absolute atomic E-state index is 0.00942. The van der Waals surface area contributed by atoms with E-state index in [0.29, 0.717) is 40.0 Å². The number of ether oxygens (including phenoxy) is 2. The summed E-state index contributed by atoms with van der Waals surface area (Å²) in [5.41, 5.74) is 0.414. The summed E-state index contributed by atoms with van der Waals surface area (Å²) in [6.07, 6.45) is 7.19. The summed E-state index contributed by atoms with van der Waals surface area (Å²) in [5.74, 6) is -0.418. The van der Waals surface area contributed by atoms with Crippen molar-refractivity contribution in [3.8, 4) is 11.5 Å². The maximum Gasteiger partial charge on any atom is 0.361 e. The number of benzene rings is 1. The predicted molar refractivity (Wildman–Crippen MR) is 161 cm³/mol. The SMILES string of the molecule is COc1cc2cc(C(=O)N[C@@H](CC3CCCCC3)C(=O)N[C@H]3CCCN(S(=O)(=O)c4cccc[n+]4O)CC3=O)oc2cc1OC. The number of nitrogens with zero attached hydrogens (tertiary/aromatic N) is 2. The standard InChI is InChI=1S/C31H38N4O9S/c1-42-26-16-21-17-28(44-25(21)18-27(26)43-2)31(38)33-23(15-20-9-4-3-5-10-20)30(37)32-22-11-8-13-34(19-24(22)36)45(40,41)29-12-6-7-14-35(29)39/h6-7,12,14,16-18,20,22-23H,3-5,8-11,13,15,19H2,1-2H3,(H2-,32,33,37,38,39)/p+1/t22-,23-/m0/s1. The molecule has 3 N–H and O–H groups in total. The van der Waals surface area contributed by atoms with E-state index in [1.54, 1.807) is 18.2 Å². The van der Waals surface area contributed by atoms with E-state index in [0.717, 1.165) is 36.4 Å². The van der Waals surface area contributed by atoms with Crippen LogP contribution in [0.5, 0.6) is 11.5 Å². The number of carbonyl (C=O) groups excluding carboxylic acids is 3. The fourth-order valence-corrected chi connectivity index (χ4v) is 7.56. The molecule has 2 aliphatic rings. The highest BCUT2D eigenvalue weighted by Gasteiger charge is 2.39. The number of hydrogen-bond acceptors (Lipinski definition) is 9. The molecule has 0 radical (unpaired) electrons. The quantitative estimate of drug-likeness (QED) is 0.222. The molecule has 242 valence electrons. The van der Waals surface area contributed by atoms with Gasteiger partial charge in [0.25, 0.3) is 5.91 Å². The Labute approximate surface area is 261 Å². The maximum atomic E-state index is 13.7.